The van der Waals surface area contributed by atoms with Crippen molar-refractivity contribution in [3.8, 4) is 0 Å². The molecule has 0 amide bonds. The molecule has 0 fully saturated rings. The highest BCUT2D eigenvalue weighted by Crippen LogP contribution is 2.29. The summed E-state index contributed by atoms with van der Waals surface area (Å²) >= 11 is 0. The SMILES string of the molecule is CC[Si](CC)(CC)OC1C=C(CCC=CCCC(=O)OC)C(=O)C1. The van der Waals surface area contributed by atoms with Crippen molar-refractivity contribution in [1.29, 1.82) is 0 Å². The van der Waals surface area contributed by atoms with E-state index in [1.807, 2.05) is 18.2 Å². The lowest BCUT2D eigenvalue weighted by molar-refractivity contribution is -0.140. The van der Waals surface area contributed by atoms with E-state index in [4.69, 9.17) is 4.43 Å². The lowest BCUT2D eigenvalue weighted by Crippen LogP contribution is -2.39. The summed E-state index contributed by atoms with van der Waals surface area (Å²) < 4.78 is 11.0. The van der Waals surface area contributed by atoms with Crippen LogP contribution < -0.4 is 0 Å². The third-order valence-corrected chi connectivity index (χ3v) is 9.62. The zero-order valence-electron chi connectivity index (χ0n) is 15.6. The van der Waals surface area contributed by atoms with Crippen LogP contribution in [0, 0.1) is 0 Å². The van der Waals surface area contributed by atoms with Crippen molar-refractivity contribution in [2.45, 2.75) is 77.1 Å². The Kier molecular flexibility index (Phi) is 9.22. The normalized spacial score (nSPS) is 18.2. The number of hydrogen-bond donors (Lipinski definition) is 0. The maximum absolute atomic E-state index is 12.2. The van der Waals surface area contributed by atoms with Crippen LogP contribution in [-0.4, -0.2) is 33.3 Å². The summed E-state index contributed by atoms with van der Waals surface area (Å²) in [5, 5.41) is 0. The molecule has 0 spiro atoms. The zero-order chi connectivity index (χ0) is 18.0. The van der Waals surface area contributed by atoms with E-state index in [9.17, 15) is 9.59 Å². The van der Waals surface area contributed by atoms with Gasteiger partial charge in [-0.1, -0.05) is 32.9 Å². The van der Waals surface area contributed by atoms with Crippen LogP contribution in [0.15, 0.2) is 23.8 Å². The molecule has 5 heteroatoms. The Bertz CT molecular complexity index is 469. The summed E-state index contributed by atoms with van der Waals surface area (Å²) in [6.07, 6.45) is 9.23. The van der Waals surface area contributed by atoms with Gasteiger partial charge in [0.25, 0.3) is 0 Å². The Balaban J connectivity index is 2.44. The van der Waals surface area contributed by atoms with E-state index in [0.717, 1.165) is 36.5 Å². The number of hydrogen-bond acceptors (Lipinski definition) is 4. The minimum Gasteiger partial charge on any atom is -0.469 e. The molecule has 0 aromatic heterocycles. The zero-order valence-corrected chi connectivity index (χ0v) is 16.6. The summed E-state index contributed by atoms with van der Waals surface area (Å²) in [6, 6.07) is 3.32. The Morgan fingerprint density at radius 2 is 1.83 bits per heavy atom. The Morgan fingerprint density at radius 1 is 1.21 bits per heavy atom. The Labute approximate surface area is 147 Å². The van der Waals surface area contributed by atoms with E-state index in [-0.39, 0.29) is 17.9 Å². The molecule has 1 aliphatic carbocycles. The molecule has 0 aromatic carbocycles. The number of esters is 1. The lowest BCUT2D eigenvalue weighted by atomic mass is 10.1. The molecule has 1 aliphatic rings. The van der Waals surface area contributed by atoms with Gasteiger partial charge < -0.3 is 9.16 Å². The van der Waals surface area contributed by atoms with Crippen LogP contribution in [0.5, 0.6) is 0 Å². The number of carbonyl (C=O) groups excluding carboxylic acids is 2. The first-order chi connectivity index (χ1) is 11.5. The van der Waals surface area contributed by atoms with Gasteiger partial charge in [-0.25, -0.2) is 0 Å². The monoisotopic (exact) mass is 352 g/mol. The largest absolute Gasteiger partial charge is 0.469 e. The molecule has 0 heterocycles. The fraction of sp³-hybridized carbons (Fsp3) is 0.684. The summed E-state index contributed by atoms with van der Waals surface area (Å²) in [7, 11) is -0.261. The molecule has 0 radical (unpaired) electrons. The van der Waals surface area contributed by atoms with Crippen molar-refractivity contribution in [3.05, 3.63) is 23.8 Å². The fourth-order valence-corrected chi connectivity index (χ4v) is 5.88. The van der Waals surface area contributed by atoms with E-state index >= 15 is 0 Å². The standard InChI is InChI=1S/C19H32O4Si/c1-5-24(6-2,7-3)23-17-14-16(18(20)15-17)12-10-8-9-11-13-19(21)22-4/h8-9,14,17H,5-7,10-13,15H2,1-4H3. The molecule has 0 bridgehead atoms. The van der Waals surface area contributed by atoms with Crippen molar-refractivity contribution in [1.82, 2.24) is 0 Å². The van der Waals surface area contributed by atoms with Gasteiger partial charge in [-0.15, -0.1) is 0 Å². The highest BCUT2D eigenvalue weighted by Gasteiger charge is 2.34. The maximum Gasteiger partial charge on any atom is 0.305 e. The van der Waals surface area contributed by atoms with Gasteiger partial charge in [0.2, 0.25) is 0 Å². The van der Waals surface area contributed by atoms with Gasteiger partial charge in [0.15, 0.2) is 14.1 Å². The molecule has 0 aliphatic heterocycles. The van der Waals surface area contributed by atoms with Gasteiger partial charge in [0.05, 0.1) is 13.2 Å². The first-order valence-electron chi connectivity index (χ1n) is 9.13. The number of methoxy groups -OCH3 is 1. The van der Waals surface area contributed by atoms with Crippen LogP contribution in [-0.2, 0) is 18.8 Å². The van der Waals surface area contributed by atoms with Crippen LogP contribution in [0.1, 0.15) is 52.9 Å². The highest BCUT2D eigenvalue weighted by atomic mass is 28.4. The third-order valence-electron chi connectivity index (χ3n) is 4.96. The van der Waals surface area contributed by atoms with Gasteiger partial charge in [0.1, 0.15) is 0 Å². The van der Waals surface area contributed by atoms with E-state index in [0.29, 0.717) is 19.3 Å². The second-order valence-corrected chi connectivity index (χ2v) is 11.1. The van der Waals surface area contributed by atoms with E-state index in [1.54, 1.807) is 0 Å². The molecule has 24 heavy (non-hydrogen) atoms. The van der Waals surface area contributed by atoms with Gasteiger partial charge in [-0.05, 0) is 49.0 Å². The van der Waals surface area contributed by atoms with Gasteiger partial charge in [-0.3, -0.25) is 9.59 Å². The van der Waals surface area contributed by atoms with Crippen molar-refractivity contribution >= 4 is 20.1 Å². The molecule has 0 saturated heterocycles. The molecule has 136 valence electrons. The molecule has 0 N–H and O–H groups in total. The predicted molar refractivity (Wildman–Crippen MR) is 99.4 cm³/mol. The first-order valence-corrected chi connectivity index (χ1v) is 11.7. The number of rotatable bonds is 11. The van der Waals surface area contributed by atoms with Gasteiger partial charge >= 0.3 is 5.97 Å². The minimum absolute atomic E-state index is 0.0117. The Morgan fingerprint density at radius 3 is 2.42 bits per heavy atom. The van der Waals surface area contributed by atoms with Crippen LogP contribution in [0.25, 0.3) is 0 Å². The molecule has 4 nitrogen and oxygen atoms in total. The van der Waals surface area contributed by atoms with E-state index in [2.05, 4.69) is 25.5 Å². The second kappa shape index (κ2) is 10.6. The predicted octanol–water partition coefficient (Wildman–Crippen LogP) is 4.57. The summed E-state index contributed by atoms with van der Waals surface area (Å²) in [5.74, 6) is 0.0397. The Hall–Kier alpha value is -1.20. The van der Waals surface area contributed by atoms with Crippen LogP contribution in [0.2, 0.25) is 18.1 Å². The van der Waals surface area contributed by atoms with Crippen molar-refractivity contribution in [2.75, 3.05) is 7.11 Å². The van der Waals surface area contributed by atoms with Crippen molar-refractivity contribution < 1.29 is 18.8 Å². The van der Waals surface area contributed by atoms with Crippen LogP contribution in [0.4, 0.5) is 0 Å². The topological polar surface area (TPSA) is 52.6 Å². The third kappa shape index (κ3) is 6.36. The fourth-order valence-electron chi connectivity index (χ4n) is 3.09. The summed E-state index contributed by atoms with van der Waals surface area (Å²) in [5.41, 5.74) is 0.906. The molecule has 1 atom stereocenters. The number of allylic oxidation sites excluding steroid dienone is 3. The second-order valence-electron chi connectivity index (χ2n) is 6.34. The molecule has 0 saturated carbocycles. The highest BCUT2D eigenvalue weighted by molar-refractivity contribution is 6.73. The minimum atomic E-state index is -1.66. The molecule has 0 aromatic rings. The number of ketones is 1. The molecule has 1 rings (SSSR count). The van der Waals surface area contributed by atoms with Crippen molar-refractivity contribution in [3.63, 3.8) is 0 Å². The summed E-state index contributed by atoms with van der Waals surface area (Å²) in [6.45, 7) is 6.62. The number of ether oxygens (including phenoxy) is 1. The number of carbonyl (C=O) groups is 2. The lowest BCUT2D eigenvalue weighted by Gasteiger charge is -2.30. The quantitative estimate of drug-likeness (QED) is 0.311. The molecule has 1 unspecified atom stereocenters. The smallest absolute Gasteiger partial charge is 0.305 e. The molecular weight excluding hydrogens is 320 g/mol. The maximum atomic E-state index is 12.2. The van der Waals surface area contributed by atoms with E-state index < -0.39 is 8.32 Å². The van der Waals surface area contributed by atoms with Crippen LogP contribution >= 0.6 is 0 Å². The van der Waals surface area contributed by atoms with Gasteiger partial charge in [0, 0.05) is 12.8 Å². The average molecular weight is 353 g/mol. The van der Waals surface area contributed by atoms with Crippen molar-refractivity contribution in [2.24, 2.45) is 0 Å². The number of Topliss-reactive ketones (excluding diaryl/α,β-unsaturated/α-hetero) is 1. The van der Waals surface area contributed by atoms with Crippen LogP contribution in [0.3, 0.4) is 0 Å². The van der Waals surface area contributed by atoms with E-state index in [1.165, 1.54) is 7.11 Å². The molecular formula is C19H32O4Si. The first kappa shape index (κ1) is 20.8. The summed E-state index contributed by atoms with van der Waals surface area (Å²) in [4.78, 5) is 23.2. The average Bonchev–Trinajstić information content (AvgIpc) is 2.94. The van der Waals surface area contributed by atoms with Gasteiger partial charge in [-0.2, -0.15) is 0 Å².